The monoisotopic (exact) mass is 245 g/mol. The van der Waals surface area contributed by atoms with Gasteiger partial charge in [-0.05, 0) is 13.3 Å². The van der Waals surface area contributed by atoms with Gasteiger partial charge in [0.05, 0.1) is 5.92 Å². The van der Waals surface area contributed by atoms with Gasteiger partial charge in [-0.2, -0.15) is 0 Å². The molecule has 0 aliphatic heterocycles. The Kier molecular flexibility index (Phi) is 6.69. The number of carboxylic acids is 1. The average molecular weight is 245 g/mol. The van der Waals surface area contributed by atoms with Gasteiger partial charge in [-0.15, -0.1) is 0 Å². The normalized spacial score (nSPS) is 13.4. The van der Waals surface area contributed by atoms with Crippen LogP contribution in [0, 0.1) is 5.92 Å². The van der Waals surface area contributed by atoms with Crippen molar-refractivity contribution in [1.82, 2.24) is 16.0 Å². The fourth-order valence-corrected chi connectivity index (χ4v) is 1.06. The number of aliphatic carboxylic acids is 1. The zero-order valence-electron chi connectivity index (χ0n) is 10.2. The van der Waals surface area contributed by atoms with Crippen molar-refractivity contribution in [1.29, 1.82) is 0 Å². The number of amides is 3. The highest BCUT2D eigenvalue weighted by molar-refractivity contribution is 5.86. The smallest absolute Gasteiger partial charge is 0.315 e. The van der Waals surface area contributed by atoms with Gasteiger partial charge < -0.3 is 21.1 Å². The van der Waals surface area contributed by atoms with E-state index < -0.39 is 24.0 Å². The van der Waals surface area contributed by atoms with Crippen molar-refractivity contribution in [2.24, 2.45) is 5.92 Å². The number of carbonyl (C=O) groups excluding carboxylic acids is 2. The van der Waals surface area contributed by atoms with E-state index >= 15 is 0 Å². The van der Waals surface area contributed by atoms with Crippen LogP contribution in [0.2, 0.25) is 0 Å². The summed E-state index contributed by atoms with van der Waals surface area (Å²) < 4.78 is 0. The molecule has 98 valence electrons. The number of hydrogen-bond acceptors (Lipinski definition) is 3. The highest BCUT2D eigenvalue weighted by Crippen LogP contribution is 1.99. The summed E-state index contributed by atoms with van der Waals surface area (Å²) in [6.07, 6.45) is 0.344. The van der Waals surface area contributed by atoms with Crippen LogP contribution in [-0.2, 0) is 9.59 Å². The molecule has 0 aliphatic rings. The van der Waals surface area contributed by atoms with E-state index in [2.05, 4.69) is 16.0 Å². The molecule has 17 heavy (non-hydrogen) atoms. The Morgan fingerprint density at radius 3 is 2.29 bits per heavy atom. The van der Waals surface area contributed by atoms with Crippen LogP contribution in [0.4, 0.5) is 4.79 Å². The van der Waals surface area contributed by atoms with Crippen molar-refractivity contribution >= 4 is 17.9 Å². The molecule has 0 rings (SSSR count). The van der Waals surface area contributed by atoms with E-state index in [4.69, 9.17) is 5.11 Å². The summed E-state index contributed by atoms with van der Waals surface area (Å²) in [5, 5.41) is 15.9. The van der Waals surface area contributed by atoms with Crippen LogP contribution in [0.25, 0.3) is 0 Å². The fraction of sp³-hybridized carbons (Fsp3) is 0.700. The molecule has 2 atom stereocenters. The molecule has 3 amide bonds. The molecule has 7 heteroatoms. The number of nitrogens with one attached hydrogen (secondary N) is 3. The SMILES string of the molecule is CNC(=O)C(C)NC(=O)NCCC(C)C(=O)O. The minimum absolute atomic E-state index is 0.250. The number of rotatable bonds is 6. The number of carbonyl (C=O) groups is 3. The van der Waals surface area contributed by atoms with Gasteiger partial charge in [-0.1, -0.05) is 6.92 Å². The Morgan fingerprint density at radius 1 is 1.24 bits per heavy atom. The molecule has 7 nitrogen and oxygen atoms in total. The summed E-state index contributed by atoms with van der Waals surface area (Å²) in [5.41, 5.74) is 0. The maximum Gasteiger partial charge on any atom is 0.315 e. The van der Waals surface area contributed by atoms with Gasteiger partial charge in [0.2, 0.25) is 5.91 Å². The molecule has 0 saturated heterocycles. The average Bonchev–Trinajstić information content (AvgIpc) is 2.27. The van der Waals surface area contributed by atoms with Crippen molar-refractivity contribution in [3.63, 3.8) is 0 Å². The molecule has 0 aliphatic carbocycles. The molecule has 4 N–H and O–H groups in total. The van der Waals surface area contributed by atoms with Crippen molar-refractivity contribution in [2.75, 3.05) is 13.6 Å². The van der Waals surface area contributed by atoms with Crippen LogP contribution >= 0.6 is 0 Å². The first-order valence-corrected chi connectivity index (χ1v) is 5.37. The third-order valence-corrected chi connectivity index (χ3v) is 2.27. The van der Waals surface area contributed by atoms with Gasteiger partial charge in [-0.25, -0.2) is 4.79 Å². The van der Waals surface area contributed by atoms with Crippen LogP contribution in [0.1, 0.15) is 20.3 Å². The van der Waals surface area contributed by atoms with Crippen LogP contribution in [-0.4, -0.2) is 42.6 Å². The standard InChI is InChI=1S/C10H19N3O4/c1-6(9(15)16)4-5-12-10(17)13-7(2)8(14)11-3/h6-7H,4-5H2,1-3H3,(H,11,14)(H,15,16)(H2,12,13,17). The second-order valence-corrected chi connectivity index (χ2v) is 3.76. The van der Waals surface area contributed by atoms with Crippen LogP contribution in [0.15, 0.2) is 0 Å². The molecule has 0 saturated carbocycles. The fourth-order valence-electron chi connectivity index (χ4n) is 1.06. The third kappa shape index (κ3) is 6.39. The predicted molar refractivity (Wildman–Crippen MR) is 61.5 cm³/mol. The van der Waals surface area contributed by atoms with E-state index in [9.17, 15) is 14.4 Å². The van der Waals surface area contributed by atoms with Crippen molar-refractivity contribution < 1.29 is 19.5 Å². The molecular weight excluding hydrogens is 226 g/mol. The van der Waals surface area contributed by atoms with Crippen molar-refractivity contribution in [2.45, 2.75) is 26.3 Å². The lowest BCUT2D eigenvalue weighted by Gasteiger charge is -2.13. The zero-order chi connectivity index (χ0) is 13.4. The van der Waals surface area contributed by atoms with Crippen LogP contribution in [0.5, 0.6) is 0 Å². The topological polar surface area (TPSA) is 108 Å². The summed E-state index contributed by atoms with van der Waals surface area (Å²) in [5.74, 6) is -1.70. The Bertz CT molecular complexity index is 293. The van der Waals surface area contributed by atoms with Gasteiger partial charge in [0, 0.05) is 13.6 Å². The van der Waals surface area contributed by atoms with Gasteiger partial charge in [-0.3, -0.25) is 9.59 Å². The Balaban J connectivity index is 3.81. The van der Waals surface area contributed by atoms with Crippen LogP contribution < -0.4 is 16.0 Å². The van der Waals surface area contributed by atoms with E-state index in [-0.39, 0.29) is 12.5 Å². The van der Waals surface area contributed by atoms with Gasteiger partial charge in [0.25, 0.3) is 0 Å². The first-order valence-electron chi connectivity index (χ1n) is 5.37. The summed E-state index contributed by atoms with van der Waals surface area (Å²) in [6.45, 7) is 3.37. The number of hydrogen-bond donors (Lipinski definition) is 4. The summed E-state index contributed by atoms with van der Waals surface area (Å²) in [6, 6.07) is -1.12. The van der Waals surface area contributed by atoms with Crippen molar-refractivity contribution in [3.8, 4) is 0 Å². The summed E-state index contributed by atoms with van der Waals surface area (Å²) >= 11 is 0. The Morgan fingerprint density at radius 2 is 1.82 bits per heavy atom. The molecular formula is C10H19N3O4. The van der Waals surface area contributed by atoms with E-state index in [1.807, 2.05) is 0 Å². The van der Waals surface area contributed by atoms with E-state index in [1.165, 1.54) is 7.05 Å². The first kappa shape index (κ1) is 15.2. The summed E-state index contributed by atoms with van der Waals surface area (Å²) in [4.78, 5) is 32.9. The Labute approximate surface area is 100.0 Å². The number of likely N-dealkylation sites (N-methyl/N-ethyl adjacent to an activating group) is 1. The maximum absolute atomic E-state index is 11.3. The van der Waals surface area contributed by atoms with E-state index in [1.54, 1.807) is 13.8 Å². The van der Waals surface area contributed by atoms with Gasteiger partial charge in [0.1, 0.15) is 6.04 Å². The highest BCUT2D eigenvalue weighted by Gasteiger charge is 2.14. The Hall–Kier alpha value is -1.79. The minimum Gasteiger partial charge on any atom is -0.481 e. The van der Waals surface area contributed by atoms with Crippen molar-refractivity contribution in [3.05, 3.63) is 0 Å². The quantitative estimate of drug-likeness (QED) is 0.507. The first-order chi connectivity index (χ1) is 7.88. The molecule has 0 aromatic heterocycles. The number of carboxylic acid groups (broad SMARTS) is 1. The molecule has 0 aromatic carbocycles. The maximum atomic E-state index is 11.3. The lowest BCUT2D eigenvalue weighted by molar-refractivity contribution is -0.141. The van der Waals surface area contributed by atoms with E-state index in [0.717, 1.165) is 0 Å². The molecule has 0 radical (unpaired) electrons. The second-order valence-electron chi connectivity index (χ2n) is 3.76. The molecule has 0 spiro atoms. The lowest BCUT2D eigenvalue weighted by atomic mass is 10.1. The van der Waals surface area contributed by atoms with Crippen LogP contribution in [0.3, 0.4) is 0 Å². The third-order valence-electron chi connectivity index (χ3n) is 2.27. The van der Waals surface area contributed by atoms with Gasteiger partial charge >= 0.3 is 12.0 Å². The zero-order valence-corrected chi connectivity index (χ0v) is 10.2. The molecule has 0 aromatic rings. The minimum atomic E-state index is -0.897. The number of urea groups is 1. The lowest BCUT2D eigenvalue weighted by Crippen LogP contribution is -2.48. The predicted octanol–water partition coefficient (Wildman–Crippen LogP) is -0.469. The molecule has 0 fully saturated rings. The second kappa shape index (κ2) is 7.48. The summed E-state index contributed by atoms with van der Waals surface area (Å²) in [7, 11) is 1.48. The van der Waals surface area contributed by atoms with Gasteiger partial charge in [0.15, 0.2) is 0 Å². The molecule has 0 heterocycles. The van der Waals surface area contributed by atoms with E-state index in [0.29, 0.717) is 6.42 Å². The highest BCUT2D eigenvalue weighted by atomic mass is 16.4. The molecule has 0 bridgehead atoms. The molecule has 2 unspecified atom stereocenters. The largest absolute Gasteiger partial charge is 0.481 e.